The maximum Gasteiger partial charge on any atom is 0.335 e. The number of benzene rings is 1. The number of aromatic carboxylic acids is 1. The Morgan fingerprint density at radius 1 is 1.50 bits per heavy atom. The van der Waals surface area contributed by atoms with Crippen molar-refractivity contribution in [2.45, 2.75) is 6.61 Å². The summed E-state index contributed by atoms with van der Waals surface area (Å²) in [5.74, 6) is -0.831. The summed E-state index contributed by atoms with van der Waals surface area (Å²) in [6.07, 6.45) is 0. The van der Waals surface area contributed by atoms with Crippen LogP contribution in [-0.4, -0.2) is 21.2 Å². The SMILES string of the molecule is O=C(O)c1ccc2oc(CO)nc2c1. The smallest absolute Gasteiger partial charge is 0.335 e. The molecule has 2 N–H and O–H groups in total. The van der Waals surface area contributed by atoms with Gasteiger partial charge in [-0.2, -0.15) is 0 Å². The van der Waals surface area contributed by atoms with Gasteiger partial charge in [-0.25, -0.2) is 9.78 Å². The van der Waals surface area contributed by atoms with Gasteiger partial charge in [-0.3, -0.25) is 0 Å². The summed E-state index contributed by atoms with van der Waals surface area (Å²) < 4.78 is 5.10. The molecule has 5 nitrogen and oxygen atoms in total. The van der Waals surface area contributed by atoms with Crippen LogP contribution < -0.4 is 0 Å². The molecule has 2 aromatic rings. The Hall–Kier alpha value is -1.88. The number of carboxylic acid groups (broad SMARTS) is 1. The summed E-state index contributed by atoms with van der Waals surface area (Å²) in [6.45, 7) is -0.295. The highest BCUT2D eigenvalue weighted by molar-refractivity contribution is 5.91. The van der Waals surface area contributed by atoms with E-state index in [4.69, 9.17) is 14.6 Å². The second-order valence-corrected chi connectivity index (χ2v) is 2.75. The van der Waals surface area contributed by atoms with Crippen molar-refractivity contribution in [1.82, 2.24) is 4.98 Å². The minimum Gasteiger partial charge on any atom is -0.478 e. The van der Waals surface area contributed by atoms with E-state index in [9.17, 15) is 4.79 Å². The van der Waals surface area contributed by atoms with Gasteiger partial charge in [0.15, 0.2) is 5.58 Å². The molecule has 1 heterocycles. The molecular weight excluding hydrogens is 186 g/mol. The molecule has 0 atom stereocenters. The van der Waals surface area contributed by atoms with Crippen LogP contribution in [0.1, 0.15) is 16.2 Å². The maximum atomic E-state index is 10.6. The predicted molar refractivity (Wildman–Crippen MR) is 46.9 cm³/mol. The third-order valence-electron chi connectivity index (χ3n) is 1.81. The molecule has 0 bridgehead atoms. The summed E-state index contributed by atoms with van der Waals surface area (Å²) in [5.41, 5.74) is 1.06. The van der Waals surface area contributed by atoms with Crippen molar-refractivity contribution < 1.29 is 19.4 Å². The summed E-state index contributed by atoms with van der Waals surface area (Å²) in [7, 11) is 0. The second-order valence-electron chi connectivity index (χ2n) is 2.75. The first kappa shape index (κ1) is 8.71. The molecule has 0 radical (unpaired) electrons. The van der Waals surface area contributed by atoms with Crippen molar-refractivity contribution in [3.8, 4) is 0 Å². The standard InChI is InChI=1S/C9H7NO4/c11-4-8-10-6-3-5(9(12)13)1-2-7(6)14-8/h1-3,11H,4H2,(H,12,13). The van der Waals surface area contributed by atoms with Gasteiger partial charge < -0.3 is 14.6 Å². The third kappa shape index (κ3) is 1.33. The normalized spacial score (nSPS) is 10.6. The summed E-state index contributed by atoms with van der Waals surface area (Å²) in [6, 6.07) is 4.35. The average Bonchev–Trinajstić information content (AvgIpc) is 2.58. The van der Waals surface area contributed by atoms with E-state index in [0.717, 1.165) is 0 Å². The van der Waals surface area contributed by atoms with Gasteiger partial charge in [0.05, 0.1) is 5.56 Å². The van der Waals surface area contributed by atoms with Gasteiger partial charge in [0, 0.05) is 0 Å². The number of carboxylic acids is 1. The Labute approximate surface area is 78.6 Å². The zero-order valence-corrected chi connectivity index (χ0v) is 7.10. The van der Waals surface area contributed by atoms with Crippen LogP contribution in [0.4, 0.5) is 0 Å². The fourth-order valence-corrected chi connectivity index (χ4v) is 1.18. The first-order valence-corrected chi connectivity index (χ1v) is 3.94. The minimum atomic E-state index is -1.01. The molecule has 0 spiro atoms. The Morgan fingerprint density at radius 3 is 2.93 bits per heavy atom. The molecule has 72 valence electrons. The number of hydrogen-bond acceptors (Lipinski definition) is 4. The van der Waals surface area contributed by atoms with Crippen LogP contribution in [0.15, 0.2) is 22.6 Å². The number of carbonyl (C=O) groups is 1. The van der Waals surface area contributed by atoms with E-state index < -0.39 is 5.97 Å². The summed E-state index contributed by atoms with van der Waals surface area (Å²) in [4.78, 5) is 14.5. The van der Waals surface area contributed by atoms with Crippen molar-refractivity contribution in [2.24, 2.45) is 0 Å². The van der Waals surface area contributed by atoms with Crippen LogP contribution in [0.3, 0.4) is 0 Å². The van der Waals surface area contributed by atoms with Crippen molar-refractivity contribution in [2.75, 3.05) is 0 Å². The lowest BCUT2D eigenvalue weighted by Gasteiger charge is -1.91. The van der Waals surface area contributed by atoms with E-state index in [1.807, 2.05) is 0 Å². The lowest BCUT2D eigenvalue weighted by atomic mass is 10.2. The molecule has 2 rings (SSSR count). The summed E-state index contributed by atoms with van der Waals surface area (Å²) in [5, 5.41) is 17.4. The number of oxazole rings is 1. The average molecular weight is 193 g/mol. The Kier molecular flexibility index (Phi) is 1.94. The molecule has 1 aromatic carbocycles. The molecule has 0 unspecified atom stereocenters. The predicted octanol–water partition coefficient (Wildman–Crippen LogP) is 1.02. The molecule has 0 aliphatic heterocycles. The Bertz CT molecular complexity index is 489. The highest BCUT2D eigenvalue weighted by Crippen LogP contribution is 2.17. The van der Waals surface area contributed by atoms with E-state index in [1.54, 1.807) is 0 Å². The zero-order valence-electron chi connectivity index (χ0n) is 7.10. The van der Waals surface area contributed by atoms with Gasteiger partial charge in [0.2, 0.25) is 5.89 Å². The van der Waals surface area contributed by atoms with Crippen molar-refractivity contribution in [3.63, 3.8) is 0 Å². The van der Waals surface area contributed by atoms with Gasteiger partial charge in [0.1, 0.15) is 12.1 Å². The van der Waals surface area contributed by atoms with Gasteiger partial charge >= 0.3 is 5.97 Å². The number of rotatable bonds is 2. The zero-order chi connectivity index (χ0) is 10.1. The van der Waals surface area contributed by atoms with Crippen LogP contribution >= 0.6 is 0 Å². The van der Waals surface area contributed by atoms with Crippen molar-refractivity contribution >= 4 is 17.1 Å². The number of nitrogens with zero attached hydrogens (tertiary/aromatic N) is 1. The molecule has 0 aliphatic rings. The summed E-state index contributed by atoms with van der Waals surface area (Å²) >= 11 is 0. The lowest BCUT2D eigenvalue weighted by molar-refractivity contribution is 0.0697. The fourth-order valence-electron chi connectivity index (χ4n) is 1.18. The Balaban J connectivity index is 2.59. The fraction of sp³-hybridized carbons (Fsp3) is 0.111. The van der Waals surface area contributed by atoms with E-state index in [0.29, 0.717) is 11.1 Å². The van der Waals surface area contributed by atoms with Crippen molar-refractivity contribution in [3.05, 3.63) is 29.7 Å². The number of aliphatic hydroxyl groups is 1. The molecule has 1 aromatic heterocycles. The lowest BCUT2D eigenvalue weighted by Crippen LogP contribution is -1.94. The van der Waals surface area contributed by atoms with Crippen LogP contribution in [0.2, 0.25) is 0 Å². The number of aliphatic hydroxyl groups excluding tert-OH is 1. The number of hydrogen-bond donors (Lipinski definition) is 2. The van der Waals surface area contributed by atoms with Crippen LogP contribution in [0, 0.1) is 0 Å². The highest BCUT2D eigenvalue weighted by Gasteiger charge is 2.08. The van der Waals surface area contributed by atoms with Gasteiger partial charge in [-0.1, -0.05) is 0 Å². The highest BCUT2D eigenvalue weighted by atomic mass is 16.4. The monoisotopic (exact) mass is 193 g/mol. The first-order valence-electron chi connectivity index (χ1n) is 3.94. The Morgan fingerprint density at radius 2 is 2.29 bits per heavy atom. The quantitative estimate of drug-likeness (QED) is 0.743. The second kappa shape index (κ2) is 3.12. The van der Waals surface area contributed by atoms with Gasteiger partial charge in [-0.05, 0) is 18.2 Å². The number of aromatic nitrogens is 1. The van der Waals surface area contributed by atoms with E-state index in [-0.39, 0.29) is 18.1 Å². The molecule has 0 fully saturated rings. The van der Waals surface area contributed by atoms with Gasteiger partial charge in [0.25, 0.3) is 0 Å². The molecule has 0 saturated carbocycles. The van der Waals surface area contributed by atoms with Gasteiger partial charge in [-0.15, -0.1) is 0 Å². The topological polar surface area (TPSA) is 83.6 Å². The largest absolute Gasteiger partial charge is 0.478 e. The first-order chi connectivity index (χ1) is 6.70. The molecule has 0 saturated heterocycles. The van der Waals surface area contributed by atoms with E-state index in [1.165, 1.54) is 18.2 Å². The van der Waals surface area contributed by atoms with Crippen molar-refractivity contribution in [1.29, 1.82) is 0 Å². The number of fused-ring (bicyclic) bond motifs is 1. The molecule has 0 aliphatic carbocycles. The molecule has 5 heteroatoms. The van der Waals surface area contributed by atoms with Crippen LogP contribution in [-0.2, 0) is 6.61 Å². The van der Waals surface area contributed by atoms with Crippen LogP contribution in [0.25, 0.3) is 11.1 Å². The minimum absolute atomic E-state index is 0.148. The third-order valence-corrected chi connectivity index (χ3v) is 1.81. The maximum absolute atomic E-state index is 10.6. The van der Waals surface area contributed by atoms with E-state index >= 15 is 0 Å². The van der Waals surface area contributed by atoms with E-state index in [2.05, 4.69) is 4.98 Å². The van der Waals surface area contributed by atoms with Crippen LogP contribution in [0.5, 0.6) is 0 Å². The molecule has 14 heavy (non-hydrogen) atoms. The molecule has 0 amide bonds. The molecular formula is C9H7NO4.